The third kappa shape index (κ3) is 4.15. The van der Waals surface area contributed by atoms with Gasteiger partial charge in [0.25, 0.3) is 0 Å². The van der Waals surface area contributed by atoms with Gasteiger partial charge in [-0.25, -0.2) is 0 Å². The number of hydrogen-bond donors (Lipinski definition) is 0. The normalized spacial score (nSPS) is 13.5. The van der Waals surface area contributed by atoms with E-state index in [-0.39, 0.29) is 0 Å². The van der Waals surface area contributed by atoms with Crippen LogP contribution in [0, 0.1) is 0 Å². The number of fused-ring (bicyclic) bond motifs is 2. The first-order valence-corrected chi connectivity index (χ1v) is 15.8. The van der Waals surface area contributed by atoms with Crippen LogP contribution in [0.25, 0.3) is 0 Å². The molecule has 0 bridgehead atoms. The van der Waals surface area contributed by atoms with Gasteiger partial charge in [-0.2, -0.15) is 0 Å². The highest BCUT2D eigenvalue weighted by Crippen LogP contribution is 2.35. The number of nitrogens with zero attached hydrogens (tertiary/aromatic N) is 1. The van der Waals surface area contributed by atoms with Gasteiger partial charge in [-0.1, -0.05) is 105 Å². The van der Waals surface area contributed by atoms with Crippen molar-refractivity contribution < 1.29 is 4.74 Å². The number of ether oxygens (including phenoxy) is 1. The molecule has 2 nitrogen and oxygen atoms in total. The Hall–Kier alpha value is -3.12. The van der Waals surface area contributed by atoms with Crippen LogP contribution in [-0.2, 0) is 6.54 Å². The van der Waals surface area contributed by atoms with E-state index in [0.29, 0.717) is 0 Å². The lowest BCUT2D eigenvalue weighted by Crippen LogP contribution is -2.77. The van der Waals surface area contributed by atoms with Crippen molar-refractivity contribution in [3.05, 3.63) is 136 Å². The average molecular weight is 627 g/mol. The maximum atomic E-state index is 5.40. The fourth-order valence-corrected chi connectivity index (χ4v) is 12.0. The van der Waals surface area contributed by atoms with Crippen molar-refractivity contribution in [2.75, 3.05) is 12.0 Å². The van der Waals surface area contributed by atoms with Crippen LogP contribution in [-0.4, -0.2) is 15.2 Å². The second kappa shape index (κ2) is 9.97. The molecule has 37 heavy (non-hydrogen) atoms. The van der Waals surface area contributed by atoms with Gasteiger partial charge in [0.05, 0.1) is 7.11 Å². The summed E-state index contributed by atoms with van der Waals surface area (Å²) in [4.78, 5) is 2.47. The van der Waals surface area contributed by atoms with Crippen LogP contribution in [0.1, 0.15) is 5.56 Å². The van der Waals surface area contributed by atoms with E-state index < -0.39 is 8.07 Å². The standard InChI is InChI=1S/C32H25Br2NOSi/c1-36-26-16-12-23(13-17-26)22-35-29-18-14-24(33)20-31(29)37(27-8-4-2-5-9-27,28-10-6-3-7-11-28)32-21-25(34)15-19-30(32)35/h2-21H,22H2,1H3. The van der Waals surface area contributed by atoms with E-state index in [0.717, 1.165) is 21.2 Å². The van der Waals surface area contributed by atoms with E-state index in [2.05, 4.69) is 146 Å². The third-order valence-electron chi connectivity index (χ3n) is 7.22. The Kier molecular flexibility index (Phi) is 6.53. The van der Waals surface area contributed by atoms with Crippen LogP contribution in [0.15, 0.2) is 130 Å². The van der Waals surface area contributed by atoms with Gasteiger partial charge < -0.3 is 9.64 Å². The molecular formula is C32H25Br2NOSi. The minimum atomic E-state index is -2.63. The number of rotatable bonds is 5. The first-order valence-electron chi connectivity index (χ1n) is 12.2. The van der Waals surface area contributed by atoms with Crippen molar-refractivity contribution in [3.63, 3.8) is 0 Å². The molecule has 5 aromatic carbocycles. The Balaban J connectivity index is 1.68. The molecular weight excluding hydrogens is 602 g/mol. The highest BCUT2D eigenvalue weighted by atomic mass is 79.9. The van der Waals surface area contributed by atoms with Gasteiger partial charge in [-0.3, -0.25) is 0 Å². The van der Waals surface area contributed by atoms with Crippen LogP contribution in [0.4, 0.5) is 11.4 Å². The van der Waals surface area contributed by atoms with Gasteiger partial charge in [0.2, 0.25) is 0 Å². The SMILES string of the molecule is COc1ccc(CN2c3ccc(Br)cc3[Si](c3ccccc3)(c3ccccc3)c3cc(Br)ccc32)cc1. The first kappa shape index (κ1) is 24.2. The van der Waals surface area contributed by atoms with Crippen LogP contribution in [0.3, 0.4) is 0 Å². The van der Waals surface area contributed by atoms with E-state index in [1.54, 1.807) is 7.11 Å². The summed E-state index contributed by atoms with van der Waals surface area (Å²) < 4.78 is 7.60. The topological polar surface area (TPSA) is 12.5 Å². The zero-order valence-electron chi connectivity index (χ0n) is 20.4. The molecule has 0 fully saturated rings. The molecule has 5 aromatic rings. The van der Waals surface area contributed by atoms with Crippen LogP contribution >= 0.6 is 31.9 Å². The zero-order valence-corrected chi connectivity index (χ0v) is 24.5. The summed E-state index contributed by atoms with van der Waals surface area (Å²) in [5, 5.41) is 5.53. The molecule has 1 aliphatic heterocycles. The maximum Gasteiger partial charge on any atom is 0.184 e. The smallest absolute Gasteiger partial charge is 0.184 e. The largest absolute Gasteiger partial charge is 0.497 e. The summed E-state index contributed by atoms with van der Waals surface area (Å²) in [6.45, 7) is 0.765. The summed E-state index contributed by atoms with van der Waals surface area (Å²) in [5.74, 6) is 0.871. The molecule has 1 aliphatic rings. The van der Waals surface area contributed by atoms with Crippen molar-refractivity contribution in [1.29, 1.82) is 0 Å². The summed E-state index contributed by atoms with van der Waals surface area (Å²) in [7, 11) is -0.927. The van der Waals surface area contributed by atoms with E-state index in [1.165, 1.54) is 37.7 Å². The van der Waals surface area contributed by atoms with Crippen LogP contribution in [0.2, 0.25) is 0 Å². The van der Waals surface area contributed by atoms with Crippen molar-refractivity contribution in [1.82, 2.24) is 0 Å². The van der Waals surface area contributed by atoms with Gasteiger partial charge in [-0.15, -0.1) is 0 Å². The second-order valence-corrected chi connectivity index (χ2v) is 14.8. The number of methoxy groups -OCH3 is 1. The zero-order chi connectivity index (χ0) is 25.4. The maximum absolute atomic E-state index is 5.40. The number of halogens is 2. The fraction of sp³-hybridized carbons (Fsp3) is 0.0625. The van der Waals surface area contributed by atoms with E-state index in [1.807, 2.05) is 12.1 Å². The molecule has 182 valence electrons. The molecule has 0 amide bonds. The average Bonchev–Trinajstić information content (AvgIpc) is 2.94. The van der Waals surface area contributed by atoms with Gasteiger partial charge in [0, 0.05) is 26.9 Å². The molecule has 6 rings (SSSR count). The lowest BCUT2D eigenvalue weighted by Gasteiger charge is -2.45. The second-order valence-electron chi connectivity index (χ2n) is 9.24. The van der Waals surface area contributed by atoms with Crippen molar-refractivity contribution in [2.45, 2.75) is 6.54 Å². The molecule has 0 atom stereocenters. The van der Waals surface area contributed by atoms with Crippen molar-refractivity contribution in [2.24, 2.45) is 0 Å². The molecule has 0 saturated carbocycles. The predicted molar refractivity (Wildman–Crippen MR) is 164 cm³/mol. The van der Waals surface area contributed by atoms with Crippen LogP contribution < -0.4 is 30.4 Å². The Morgan fingerprint density at radius 3 is 1.57 bits per heavy atom. The Morgan fingerprint density at radius 1 is 0.622 bits per heavy atom. The summed E-state index contributed by atoms with van der Waals surface area (Å²) >= 11 is 7.65. The predicted octanol–water partition coefficient (Wildman–Crippen LogP) is 6.25. The van der Waals surface area contributed by atoms with Gasteiger partial charge in [0.15, 0.2) is 8.07 Å². The third-order valence-corrected chi connectivity index (χ3v) is 13.0. The fourth-order valence-electron chi connectivity index (χ4n) is 5.61. The highest BCUT2D eigenvalue weighted by molar-refractivity contribution is 9.10. The molecule has 0 spiro atoms. The van der Waals surface area contributed by atoms with Crippen LogP contribution in [0.5, 0.6) is 5.75 Å². The molecule has 0 aliphatic carbocycles. The molecule has 0 radical (unpaired) electrons. The van der Waals surface area contributed by atoms with E-state index in [9.17, 15) is 0 Å². The highest BCUT2D eigenvalue weighted by Gasteiger charge is 2.48. The van der Waals surface area contributed by atoms with Crippen molar-refractivity contribution in [3.8, 4) is 5.75 Å². The molecule has 0 unspecified atom stereocenters. The van der Waals surface area contributed by atoms with E-state index in [4.69, 9.17) is 4.74 Å². The molecule has 0 aromatic heterocycles. The molecule has 5 heteroatoms. The molecule has 0 N–H and O–H groups in total. The Morgan fingerprint density at radius 2 is 1.11 bits per heavy atom. The first-order chi connectivity index (χ1) is 18.1. The minimum Gasteiger partial charge on any atom is -0.497 e. The van der Waals surface area contributed by atoms with Gasteiger partial charge in [-0.05, 0) is 74.8 Å². The number of anilines is 2. The quantitative estimate of drug-likeness (QED) is 0.214. The molecule has 1 heterocycles. The van der Waals surface area contributed by atoms with Crippen molar-refractivity contribution >= 4 is 72.1 Å². The van der Waals surface area contributed by atoms with E-state index >= 15 is 0 Å². The summed E-state index contributed by atoms with van der Waals surface area (Å²) in [5.41, 5.74) is 3.75. The summed E-state index contributed by atoms with van der Waals surface area (Å²) in [6.07, 6.45) is 0. The lowest BCUT2D eigenvalue weighted by molar-refractivity contribution is 0.414. The number of benzene rings is 5. The number of hydrogen-bond acceptors (Lipinski definition) is 2. The van der Waals surface area contributed by atoms with Gasteiger partial charge in [0.1, 0.15) is 5.75 Å². The minimum absolute atomic E-state index is 0.765. The Bertz CT molecular complexity index is 1460. The summed E-state index contributed by atoms with van der Waals surface area (Å²) in [6, 6.07) is 44.2. The Labute approximate surface area is 235 Å². The van der Waals surface area contributed by atoms with Gasteiger partial charge >= 0.3 is 0 Å². The monoisotopic (exact) mass is 625 g/mol. The molecule has 0 saturated heterocycles. The lowest BCUT2D eigenvalue weighted by atomic mass is 10.1.